The van der Waals surface area contributed by atoms with E-state index < -0.39 is 11.0 Å². The van der Waals surface area contributed by atoms with Crippen LogP contribution >= 0.6 is 0 Å². The Bertz CT molecular complexity index is 1370. The van der Waals surface area contributed by atoms with Crippen LogP contribution in [0, 0.1) is 0 Å². The van der Waals surface area contributed by atoms with Crippen molar-refractivity contribution in [1.82, 2.24) is 9.80 Å². The normalized spacial score (nSPS) is 25.4. The van der Waals surface area contributed by atoms with Gasteiger partial charge >= 0.3 is 5.97 Å². The summed E-state index contributed by atoms with van der Waals surface area (Å²) in [5, 5.41) is 12.6. The maximum Gasteiger partial charge on any atom is 0.303 e. The van der Waals surface area contributed by atoms with Crippen molar-refractivity contribution in [3.05, 3.63) is 90.5 Å². The molecule has 0 bridgehead atoms. The maximum absolute atomic E-state index is 13.7. The zero-order valence-electron chi connectivity index (χ0n) is 22.2. The highest BCUT2D eigenvalue weighted by molar-refractivity contribution is 5.98. The van der Waals surface area contributed by atoms with Crippen LogP contribution in [-0.2, 0) is 14.9 Å². The molecule has 0 unspecified atom stereocenters. The molecule has 5 rings (SSSR count). The Labute approximate surface area is 224 Å². The summed E-state index contributed by atoms with van der Waals surface area (Å²) < 4.78 is 6.28. The van der Waals surface area contributed by atoms with E-state index >= 15 is 0 Å². The molecule has 3 aromatic carbocycles. The standard InChI is InChI=1S/C32H36N2O4/c1-4-17-34-18-16-31(27-10-7-11-29(36)20-27)21-28(14-15-32(31,22-34)38-23(2)35)33(3)30(37)26-13-12-24-8-5-6-9-25(24)19-26/h4-13,19-20,28,36H,1,14-18,21-22H2,2-3H3/t28-,31-,32-/m0/s1. The molecule has 1 aliphatic heterocycles. The molecule has 3 aromatic rings. The topological polar surface area (TPSA) is 70.1 Å². The number of hydrogen-bond acceptors (Lipinski definition) is 5. The van der Waals surface area contributed by atoms with Gasteiger partial charge in [0.25, 0.3) is 5.91 Å². The molecular formula is C32H36N2O4. The summed E-state index contributed by atoms with van der Waals surface area (Å²) in [6, 6.07) is 21.2. The number of esters is 1. The van der Waals surface area contributed by atoms with Gasteiger partial charge in [0.2, 0.25) is 0 Å². The number of carbonyl (C=O) groups is 2. The van der Waals surface area contributed by atoms with Gasteiger partial charge < -0.3 is 14.7 Å². The van der Waals surface area contributed by atoms with E-state index in [1.807, 2.05) is 72.6 Å². The smallest absolute Gasteiger partial charge is 0.303 e. The minimum Gasteiger partial charge on any atom is -0.508 e. The highest BCUT2D eigenvalue weighted by atomic mass is 16.6. The molecule has 6 heteroatoms. The first-order valence-corrected chi connectivity index (χ1v) is 13.4. The molecule has 198 valence electrons. The van der Waals surface area contributed by atoms with Crippen LogP contribution in [0.5, 0.6) is 5.75 Å². The molecule has 1 N–H and O–H groups in total. The van der Waals surface area contributed by atoms with Crippen molar-refractivity contribution in [2.24, 2.45) is 0 Å². The Morgan fingerprint density at radius 2 is 1.89 bits per heavy atom. The summed E-state index contributed by atoms with van der Waals surface area (Å²) in [5.74, 6) is -0.144. The Hall–Kier alpha value is -3.64. The minimum absolute atomic E-state index is 0.0177. The number of piperidine rings is 1. The lowest BCUT2D eigenvalue weighted by Crippen LogP contribution is -2.68. The number of hydrogen-bond donors (Lipinski definition) is 1. The Morgan fingerprint density at radius 3 is 2.63 bits per heavy atom. The van der Waals surface area contributed by atoms with Crippen LogP contribution in [0.2, 0.25) is 0 Å². The lowest BCUT2D eigenvalue weighted by molar-refractivity contribution is -0.188. The van der Waals surface area contributed by atoms with Crippen LogP contribution < -0.4 is 0 Å². The van der Waals surface area contributed by atoms with Crippen molar-refractivity contribution >= 4 is 22.6 Å². The van der Waals surface area contributed by atoms with Crippen LogP contribution in [0.3, 0.4) is 0 Å². The number of phenolic OH excluding ortho intramolecular Hbond substituents is 1. The number of aromatic hydroxyl groups is 1. The highest BCUT2D eigenvalue weighted by Crippen LogP contribution is 2.54. The van der Waals surface area contributed by atoms with Gasteiger partial charge in [0, 0.05) is 44.1 Å². The second kappa shape index (κ2) is 10.3. The van der Waals surface area contributed by atoms with E-state index in [0.717, 1.165) is 29.3 Å². The van der Waals surface area contributed by atoms with Gasteiger partial charge in [-0.3, -0.25) is 14.5 Å². The van der Waals surface area contributed by atoms with Crippen LogP contribution in [0.4, 0.5) is 0 Å². The lowest BCUT2D eigenvalue weighted by atomic mass is 9.55. The second-order valence-electron chi connectivity index (χ2n) is 10.9. The highest BCUT2D eigenvalue weighted by Gasteiger charge is 2.61. The largest absolute Gasteiger partial charge is 0.508 e. The monoisotopic (exact) mass is 512 g/mol. The van der Waals surface area contributed by atoms with Gasteiger partial charge in [-0.05, 0) is 72.8 Å². The summed E-state index contributed by atoms with van der Waals surface area (Å²) >= 11 is 0. The van der Waals surface area contributed by atoms with Crippen LogP contribution in [0.1, 0.15) is 48.5 Å². The molecule has 1 aliphatic carbocycles. The van der Waals surface area contributed by atoms with E-state index in [9.17, 15) is 14.7 Å². The quantitative estimate of drug-likeness (QED) is 0.359. The van der Waals surface area contributed by atoms with Gasteiger partial charge in [0.1, 0.15) is 11.4 Å². The predicted molar refractivity (Wildman–Crippen MR) is 149 cm³/mol. The summed E-state index contributed by atoms with van der Waals surface area (Å²) in [6.45, 7) is 7.48. The minimum atomic E-state index is -0.767. The number of amides is 1. The van der Waals surface area contributed by atoms with Crippen LogP contribution in [0.15, 0.2) is 79.4 Å². The number of carbonyl (C=O) groups excluding carboxylic acids is 2. The van der Waals surface area contributed by atoms with Crippen LogP contribution in [0.25, 0.3) is 10.8 Å². The number of phenols is 1. The number of likely N-dealkylation sites (tertiary alicyclic amines) is 1. The van der Waals surface area contributed by atoms with Gasteiger partial charge in [-0.25, -0.2) is 0 Å². The maximum atomic E-state index is 13.7. The molecule has 1 saturated heterocycles. The van der Waals surface area contributed by atoms with Crippen molar-refractivity contribution in [1.29, 1.82) is 0 Å². The predicted octanol–water partition coefficient (Wildman–Crippen LogP) is 5.30. The first-order chi connectivity index (χ1) is 18.3. The fourth-order valence-electron chi connectivity index (χ4n) is 6.82. The average molecular weight is 513 g/mol. The van der Waals surface area contributed by atoms with Crippen molar-refractivity contribution < 1.29 is 19.4 Å². The number of ether oxygens (including phenoxy) is 1. The van der Waals surface area contributed by atoms with E-state index in [0.29, 0.717) is 37.9 Å². The van der Waals surface area contributed by atoms with Crippen molar-refractivity contribution in [3.8, 4) is 5.75 Å². The molecule has 0 aromatic heterocycles. The summed E-state index contributed by atoms with van der Waals surface area (Å²) in [6.07, 6.45) is 4.60. The third-order valence-electron chi connectivity index (χ3n) is 8.66. The lowest BCUT2D eigenvalue weighted by Gasteiger charge is -2.60. The van der Waals surface area contributed by atoms with Gasteiger partial charge in [0.15, 0.2) is 0 Å². The number of rotatable bonds is 6. The average Bonchev–Trinajstić information content (AvgIpc) is 2.91. The molecule has 6 nitrogen and oxygen atoms in total. The molecule has 1 heterocycles. The fraction of sp³-hybridized carbons (Fsp3) is 0.375. The third-order valence-corrected chi connectivity index (χ3v) is 8.66. The summed E-state index contributed by atoms with van der Waals surface area (Å²) in [7, 11) is 1.88. The molecule has 38 heavy (non-hydrogen) atoms. The van der Waals surface area contributed by atoms with Crippen molar-refractivity contribution in [3.63, 3.8) is 0 Å². The SMILES string of the molecule is C=CCN1CC[C@@]2(c3cccc(O)c3)C[C@@H](N(C)C(=O)c3ccc4ccccc4c3)CC[C@]2(OC(C)=O)C1. The van der Waals surface area contributed by atoms with Crippen molar-refractivity contribution in [2.45, 2.75) is 49.7 Å². The second-order valence-corrected chi connectivity index (χ2v) is 10.9. The molecule has 0 radical (unpaired) electrons. The Morgan fingerprint density at radius 1 is 1.11 bits per heavy atom. The molecule has 3 atom stereocenters. The molecule has 1 amide bonds. The third kappa shape index (κ3) is 4.58. The zero-order chi connectivity index (χ0) is 26.9. The number of nitrogens with zero attached hydrogens (tertiary/aromatic N) is 2. The van der Waals surface area contributed by atoms with E-state index in [1.165, 1.54) is 6.92 Å². The number of benzene rings is 3. The molecule has 2 fully saturated rings. The molecule has 0 spiro atoms. The van der Waals surface area contributed by atoms with E-state index in [4.69, 9.17) is 4.74 Å². The molecular weight excluding hydrogens is 476 g/mol. The summed E-state index contributed by atoms with van der Waals surface area (Å²) in [4.78, 5) is 30.4. The van der Waals surface area contributed by atoms with Crippen molar-refractivity contribution in [2.75, 3.05) is 26.7 Å². The van der Waals surface area contributed by atoms with E-state index in [-0.39, 0.29) is 23.7 Å². The van der Waals surface area contributed by atoms with Gasteiger partial charge in [-0.1, -0.05) is 48.5 Å². The van der Waals surface area contributed by atoms with Gasteiger partial charge in [-0.15, -0.1) is 6.58 Å². The van der Waals surface area contributed by atoms with E-state index in [2.05, 4.69) is 11.5 Å². The summed E-state index contributed by atoms with van der Waals surface area (Å²) in [5.41, 5.74) is 0.302. The Balaban J connectivity index is 1.52. The zero-order valence-corrected chi connectivity index (χ0v) is 22.2. The molecule has 1 saturated carbocycles. The van der Waals surface area contributed by atoms with Gasteiger partial charge in [0.05, 0.1) is 0 Å². The first kappa shape index (κ1) is 26.0. The fourth-order valence-corrected chi connectivity index (χ4v) is 6.82. The Kier molecular flexibility index (Phi) is 7.01. The number of fused-ring (bicyclic) bond motifs is 2. The van der Waals surface area contributed by atoms with Crippen LogP contribution in [-0.4, -0.2) is 65.1 Å². The van der Waals surface area contributed by atoms with E-state index in [1.54, 1.807) is 12.1 Å². The van der Waals surface area contributed by atoms with Gasteiger partial charge in [-0.2, -0.15) is 0 Å². The first-order valence-electron chi connectivity index (χ1n) is 13.4. The molecule has 2 aliphatic rings.